The molecule has 0 atom stereocenters. The molecule has 0 aliphatic rings. The molecule has 0 unspecified atom stereocenters. The zero-order chi connectivity index (χ0) is 12.1. The number of hydrogen-bond acceptors (Lipinski definition) is 4. The lowest BCUT2D eigenvalue weighted by Gasteiger charge is -2.06. The van der Waals surface area contributed by atoms with Gasteiger partial charge in [0, 0.05) is 24.0 Å². The van der Waals surface area contributed by atoms with Crippen LogP contribution in [0.25, 0.3) is 11.3 Å². The van der Waals surface area contributed by atoms with Crippen LogP contribution in [0.4, 0.5) is 5.82 Å². The fourth-order valence-corrected chi connectivity index (χ4v) is 1.55. The van der Waals surface area contributed by atoms with Crippen LogP contribution < -0.4 is 5.32 Å². The number of aryl methyl sites for hydroxylation is 1. The van der Waals surface area contributed by atoms with Crippen molar-refractivity contribution in [2.45, 2.75) is 20.3 Å². The van der Waals surface area contributed by atoms with Crippen molar-refractivity contribution in [2.24, 2.45) is 0 Å². The van der Waals surface area contributed by atoms with Crippen molar-refractivity contribution >= 4 is 5.82 Å². The van der Waals surface area contributed by atoms with Crippen LogP contribution in [-0.4, -0.2) is 21.5 Å². The van der Waals surface area contributed by atoms with Gasteiger partial charge in [0.15, 0.2) is 0 Å². The van der Waals surface area contributed by atoms with E-state index in [0.717, 1.165) is 35.7 Å². The molecule has 0 saturated heterocycles. The molecule has 1 N–H and O–H groups in total. The van der Waals surface area contributed by atoms with Crippen LogP contribution >= 0.6 is 0 Å². The Hall–Kier alpha value is -1.97. The molecule has 0 aromatic carbocycles. The Kier molecular flexibility index (Phi) is 3.65. The molecule has 0 amide bonds. The van der Waals surface area contributed by atoms with E-state index in [4.69, 9.17) is 0 Å². The number of hydrogen-bond donors (Lipinski definition) is 1. The lowest BCUT2D eigenvalue weighted by Crippen LogP contribution is -2.02. The van der Waals surface area contributed by atoms with Gasteiger partial charge in [-0.05, 0) is 25.5 Å². The topological polar surface area (TPSA) is 50.7 Å². The van der Waals surface area contributed by atoms with E-state index in [1.54, 1.807) is 18.6 Å². The highest BCUT2D eigenvalue weighted by Crippen LogP contribution is 2.17. The van der Waals surface area contributed by atoms with E-state index >= 15 is 0 Å². The third-order valence-electron chi connectivity index (χ3n) is 2.38. The monoisotopic (exact) mass is 228 g/mol. The molecule has 88 valence electrons. The average molecular weight is 228 g/mol. The Balaban J connectivity index is 2.26. The summed E-state index contributed by atoms with van der Waals surface area (Å²) in [5, 5.41) is 3.23. The first-order chi connectivity index (χ1) is 8.29. The zero-order valence-corrected chi connectivity index (χ0v) is 10.1. The van der Waals surface area contributed by atoms with Crippen LogP contribution in [0.3, 0.4) is 0 Å². The molecule has 2 rings (SSSR count). The van der Waals surface area contributed by atoms with Gasteiger partial charge in [-0.25, -0.2) is 4.98 Å². The molecule has 4 heteroatoms. The maximum atomic E-state index is 4.52. The molecule has 0 radical (unpaired) electrons. The van der Waals surface area contributed by atoms with Crippen molar-refractivity contribution in [1.29, 1.82) is 0 Å². The summed E-state index contributed by atoms with van der Waals surface area (Å²) in [6.45, 7) is 5.00. The second kappa shape index (κ2) is 5.39. The Morgan fingerprint density at radius 2 is 2.18 bits per heavy atom. The van der Waals surface area contributed by atoms with Crippen molar-refractivity contribution in [3.63, 3.8) is 0 Å². The average Bonchev–Trinajstić information content (AvgIpc) is 2.37. The second-order valence-electron chi connectivity index (χ2n) is 3.90. The summed E-state index contributed by atoms with van der Waals surface area (Å²) in [6.07, 6.45) is 6.37. The Morgan fingerprint density at radius 1 is 1.29 bits per heavy atom. The van der Waals surface area contributed by atoms with E-state index in [-0.39, 0.29) is 0 Å². The predicted molar refractivity (Wildman–Crippen MR) is 68.8 cm³/mol. The molecular weight excluding hydrogens is 212 g/mol. The number of nitrogens with one attached hydrogen (secondary N) is 1. The van der Waals surface area contributed by atoms with Gasteiger partial charge in [0.2, 0.25) is 0 Å². The first kappa shape index (κ1) is 11.5. The molecule has 0 aliphatic heterocycles. The van der Waals surface area contributed by atoms with Gasteiger partial charge in [0.05, 0.1) is 18.1 Å². The minimum atomic E-state index is 0.818. The number of pyridine rings is 1. The summed E-state index contributed by atoms with van der Waals surface area (Å²) >= 11 is 0. The van der Waals surface area contributed by atoms with E-state index in [2.05, 4.69) is 27.2 Å². The lowest BCUT2D eigenvalue weighted by atomic mass is 10.2. The molecule has 2 aromatic heterocycles. The van der Waals surface area contributed by atoms with Crippen LogP contribution in [0.15, 0.2) is 30.7 Å². The van der Waals surface area contributed by atoms with Gasteiger partial charge in [0.25, 0.3) is 0 Å². The van der Waals surface area contributed by atoms with Crippen molar-refractivity contribution in [2.75, 3.05) is 11.9 Å². The summed E-state index contributed by atoms with van der Waals surface area (Å²) in [5.41, 5.74) is 2.90. The molecule has 0 bridgehead atoms. The van der Waals surface area contributed by atoms with Gasteiger partial charge in [-0.15, -0.1) is 0 Å². The van der Waals surface area contributed by atoms with Gasteiger partial charge < -0.3 is 5.32 Å². The van der Waals surface area contributed by atoms with E-state index in [0.29, 0.717) is 0 Å². The highest BCUT2D eigenvalue weighted by atomic mass is 15.0. The standard InChI is InChI=1S/C13H16N4/c1-3-5-16-13-9-14-8-12(17-13)11-4-6-15-10(2)7-11/h4,6-9H,3,5H2,1-2H3,(H,16,17). The highest BCUT2D eigenvalue weighted by molar-refractivity contribution is 5.59. The summed E-state index contributed by atoms with van der Waals surface area (Å²) in [7, 11) is 0. The lowest BCUT2D eigenvalue weighted by molar-refractivity contribution is 0.965. The molecule has 0 spiro atoms. The minimum absolute atomic E-state index is 0.818. The summed E-state index contributed by atoms with van der Waals surface area (Å²) in [5.74, 6) is 0.818. The first-order valence-corrected chi connectivity index (χ1v) is 5.78. The maximum Gasteiger partial charge on any atom is 0.145 e. The SMILES string of the molecule is CCCNc1cncc(-c2ccnc(C)c2)n1. The number of anilines is 1. The van der Waals surface area contributed by atoms with Gasteiger partial charge >= 0.3 is 0 Å². The largest absolute Gasteiger partial charge is 0.369 e. The summed E-state index contributed by atoms with van der Waals surface area (Å²) in [6, 6.07) is 3.95. The van der Waals surface area contributed by atoms with Gasteiger partial charge in [0.1, 0.15) is 5.82 Å². The van der Waals surface area contributed by atoms with Crippen molar-refractivity contribution < 1.29 is 0 Å². The van der Waals surface area contributed by atoms with E-state index in [1.807, 2.05) is 19.1 Å². The molecule has 0 aliphatic carbocycles. The molecule has 0 fully saturated rings. The zero-order valence-electron chi connectivity index (χ0n) is 10.1. The quantitative estimate of drug-likeness (QED) is 0.874. The van der Waals surface area contributed by atoms with Crippen LogP contribution in [0.2, 0.25) is 0 Å². The Morgan fingerprint density at radius 3 is 2.94 bits per heavy atom. The molecule has 2 heterocycles. The fraction of sp³-hybridized carbons (Fsp3) is 0.308. The number of aromatic nitrogens is 3. The van der Waals surface area contributed by atoms with Gasteiger partial charge in [-0.2, -0.15) is 0 Å². The van der Waals surface area contributed by atoms with Crippen molar-refractivity contribution in [3.05, 3.63) is 36.4 Å². The second-order valence-corrected chi connectivity index (χ2v) is 3.90. The number of rotatable bonds is 4. The van der Waals surface area contributed by atoms with Crippen LogP contribution in [0.1, 0.15) is 19.0 Å². The number of nitrogens with zero attached hydrogens (tertiary/aromatic N) is 3. The van der Waals surface area contributed by atoms with E-state index in [9.17, 15) is 0 Å². The molecule has 2 aromatic rings. The van der Waals surface area contributed by atoms with Gasteiger partial charge in [-0.3, -0.25) is 9.97 Å². The molecule has 0 saturated carbocycles. The van der Waals surface area contributed by atoms with Crippen molar-refractivity contribution in [1.82, 2.24) is 15.0 Å². The predicted octanol–water partition coefficient (Wildman–Crippen LogP) is 2.67. The third kappa shape index (κ3) is 3.00. The minimum Gasteiger partial charge on any atom is -0.369 e. The fourth-order valence-electron chi connectivity index (χ4n) is 1.55. The Labute approximate surface area is 101 Å². The molecule has 4 nitrogen and oxygen atoms in total. The van der Waals surface area contributed by atoms with Crippen LogP contribution in [0.5, 0.6) is 0 Å². The van der Waals surface area contributed by atoms with Crippen LogP contribution in [0, 0.1) is 6.92 Å². The van der Waals surface area contributed by atoms with Gasteiger partial charge in [-0.1, -0.05) is 6.92 Å². The van der Waals surface area contributed by atoms with Crippen LogP contribution in [-0.2, 0) is 0 Å². The first-order valence-electron chi connectivity index (χ1n) is 5.78. The van der Waals surface area contributed by atoms with E-state index < -0.39 is 0 Å². The van der Waals surface area contributed by atoms with E-state index in [1.165, 1.54) is 0 Å². The normalized spacial score (nSPS) is 10.2. The molecule has 17 heavy (non-hydrogen) atoms. The Bertz CT molecular complexity index is 496. The summed E-state index contributed by atoms with van der Waals surface area (Å²) < 4.78 is 0. The smallest absolute Gasteiger partial charge is 0.145 e. The highest BCUT2D eigenvalue weighted by Gasteiger charge is 2.02. The third-order valence-corrected chi connectivity index (χ3v) is 2.38. The molecular formula is C13H16N4. The van der Waals surface area contributed by atoms with Crippen molar-refractivity contribution in [3.8, 4) is 11.3 Å². The maximum absolute atomic E-state index is 4.52. The summed E-state index contributed by atoms with van der Waals surface area (Å²) in [4.78, 5) is 12.9.